The number of nitrogens with one attached hydrogen (secondary N) is 1. The predicted octanol–water partition coefficient (Wildman–Crippen LogP) is 5.55. The quantitative estimate of drug-likeness (QED) is 0.301. The van der Waals surface area contributed by atoms with E-state index in [4.69, 9.17) is 14.6 Å². The number of rotatable bonds is 9. The van der Waals surface area contributed by atoms with Crippen molar-refractivity contribution < 1.29 is 38.1 Å². The number of anilines is 1. The Morgan fingerprint density at radius 3 is 2.41 bits per heavy atom. The van der Waals surface area contributed by atoms with Gasteiger partial charge in [-0.25, -0.2) is 9.18 Å². The average molecular weight is 615 g/mol. The second-order valence-electron chi connectivity index (χ2n) is 8.14. The van der Waals surface area contributed by atoms with Gasteiger partial charge in [0.25, 0.3) is 11.1 Å². The summed E-state index contributed by atoms with van der Waals surface area (Å²) in [6.45, 7) is -0.342. The molecule has 0 aliphatic carbocycles. The number of carboxylic acids is 1. The zero-order valence-corrected chi connectivity index (χ0v) is 22.7. The van der Waals surface area contributed by atoms with Gasteiger partial charge in [0.05, 0.1) is 17.6 Å². The minimum absolute atomic E-state index is 0.115. The lowest BCUT2D eigenvalue weighted by Crippen LogP contribution is -2.36. The first-order chi connectivity index (χ1) is 18.6. The Balaban J connectivity index is 1.45. The van der Waals surface area contributed by atoms with E-state index in [1.807, 2.05) is 0 Å². The Morgan fingerprint density at radius 1 is 1.08 bits per heavy atom. The van der Waals surface area contributed by atoms with Crippen molar-refractivity contribution in [2.75, 3.05) is 19.0 Å². The fourth-order valence-electron chi connectivity index (χ4n) is 3.49. The number of hydrogen-bond donors (Lipinski definition) is 2. The molecule has 9 nitrogen and oxygen atoms in total. The molecular weight excluding hydrogens is 595 g/mol. The van der Waals surface area contributed by atoms with Crippen LogP contribution < -0.4 is 14.8 Å². The van der Waals surface area contributed by atoms with E-state index in [9.17, 15) is 23.6 Å². The number of carboxylic acid groups (broad SMARTS) is 1. The van der Waals surface area contributed by atoms with Crippen molar-refractivity contribution in [3.05, 3.63) is 92.5 Å². The van der Waals surface area contributed by atoms with Crippen LogP contribution in [0, 0.1) is 5.82 Å². The van der Waals surface area contributed by atoms with Crippen LogP contribution in [0.4, 0.5) is 14.9 Å². The number of halogens is 2. The molecule has 0 unspecified atom stereocenters. The lowest BCUT2D eigenvalue weighted by Gasteiger charge is -2.13. The number of hydrogen-bond acceptors (Lipinski definition) is 7. The number of aromatic carboxylic acids is 1. The van der Waals surface area contributed by atoms with E-state index in [0.29, 0.717) is 39.0 Å². The van der Waals surface area contributed by atoms with E-state index in [2.05, 4.69) is 21.2 Å². The lowest BCUT2D eigenvalue weighted by atomic mass is 10.1. The summed E-state index contributed by atoms with van der Waals surface area (Å²) >= 11 is 4.14. The van der Waals surface area contributed by atoms with Crippen LogP contribution in [0.3, 0.4) is 0 Å². The molecule has 1 aliphatic rings. The highest BCUT2D eigenvalue weighted by atomic mass is 79.9. The molecule has 3 aromatic rings. The van der Waals surface area contributed by atoms with E-state index in [1.165, 1.54) is 49.6 Å². The first-order valence-electron chi connectivity index (χ1n) is 11.3. The fourth-order valence-corrected chi connectivity index (χ4v) is 4.76. The Hall–Kier alpha value is -4.16. The van der Waals surface area contributed by atoms with Crippen LogP contribution in [0.2, 0.25) is 0 Å². The molecule has 0 aromatic heterocycles. The number of carbonyl (C=O) groups excluding carboxylic acids is 3. The van der Waals surface area contributed by atoms with Crippen molar-refractivity contribution in [1.29, 1.82) is 0 Å². The first kappa shape index (κ1) is 27.9. The van der Waals surface area contributed by atoms with E-state index >= 15 is 0 Å². The monoisotopic (exact) mass is 614 g/mol. The van der Waals surface area contributed by atoms with Crippen molar-refractivity contribution >= 4 is 62.5 Å². The third-order valence-corrected chi connectivity index (χ3v) is 7.06. The largest absolute Gasteiger partial charge is 0.493 e. The highest BCUT2D eigenvalue weighted by molar-refractivity contribution is 9.10. The van der Waals surface area contributed by atoms with Crippen LogP contribution in [0.1, 0.15) is 21.5 Å². The third kappa shape index (κ3) is 6.84. The maximum atomic E-state index is 13.1. The average Bonchev–Trinajstić information content (AvgIpc) is 3.17. The molecule has 1 fully saturated rings. The smallest absolute Gasteiger partial charge is 0.335 e. The minimum Gasteiger partial charge on any atom is -0.493 e. The molecule has 3 amide bonds. The van der Waals surface area contributed by atoms with Crippen LogP contribution in [0.25, 0.3) is 6.08 Å². The Bertz CT molecular complexity index is 1480. The number of ether oxygens (including phenoxy) is 2. The molecule has 4 rings (SSSR count). The number of benzene rings is 3. The molecule has 39 heavy (non-hydrogen) atoms. The molecule has 0 spiro atoms. The molecule has 3 aromatic carbocycles. The van der Waals surface area contributed by atoms with Crippen molar-refractivity contribution in [2.45, 2.75) is 6.61 Å². The summed E-state index contributed by atoms with van der Waals surface area (Å²) in [5.41, 5.74) is 1.78. The third-order valence-electron chi connectivity index (χ3n) is 5.47. The summed E-state index contributed by atoms with van der Waals surface area (Å²) in [6.07, 6.45) is 1.50. The molecule has 0 radical (unpaired) electrons. The van der Waals surface area contributed by atoms with Crippen molar-refractivity contribution in [3.63, 3.8) is 0 Å². The molecule has 0 bridgehead atoms. The highest BCUT2D eigenvalue weighted by Gasteiger charge is 2.36. The van der Waals surface area contributed by atoms with Crippen molar-refractivity contribution in [1.82, 2.24) is 4.90 Å². The van der Waals surface area contributed by atoms with Gasteiger partial charge in [-0.2, -0.15) is 0 Å². The Labute approximate surface area is 234 Å². The van der Waals surface area contributed by atoms with Crippen LogP contribution in [0.15, 0.2) is 70.0 Å². The standard InChI is InChI=1S/C27H20BrFN2O7S/c1-37-21-10-17(20(28)12-22(21)38-14-15-2-4-16(5-3-15)26(34)35)11-23-25(33)31(27(36)39-23)13-24(32)30-19-8-6-18(29)7-9-19/h2-12H,13-14H2,1H3,(H,30,32)(H,34,35)/b23-11-. The van der Waals surface area contributed by atoms with Gasteiger partial charge >= 0.3 is 5.97 Å². The highest BCUT2D eigenvalue weighted by Crippen LogP contribution is 2.38. The summed E-state index contributed by atoms with van der Waals surface area (Å²) in [5.74, 6) is -1.95. The molecule has 1 aliphatic heterocycles. The van der Waals surface area contributed by atoms with Gasteiger partial charge in [-0.3, -0.25) is 19.3 Å². The van der Waals surface area contributed by atoms with Crippen LogP contribution in [-0.4, -0.2) is 46.7 Å². The Morgan fingerprint density at radius 2 is 1.77 bits per heavy atom. The second-order valence-corrected chi connectivity index (χ2v) is 9.99. The summed E-state index contributed by atoms with van der Waals surface area (Å²) in [7, 11) is 1.45. The fraction of sp³-hybridized carbons (Fsp3) is 0.111. The second kappa shape index (κ2) is 12.1. The van der Waals surface area contributed by atoms with Crippen LogP contribution >= 0.6 is 27.7 Å². The predicted molar refractivity (Wildman–Crippen MR) is 146 cm³/mol. The number of amides is 3. The van der Waals surface area contributed by atoms with Gasteiger partial charge < -0.3 is 19.9 Å². The summed E-state index contributed by atoms with van der Waals surface area (Å²) in [4.78, 5) is 49.7. The SMILES string of the molecule is COc1cc(/C=C2\SC(=O)N(CC(=O)Nc3ccc(F)cc3)C2=O)c(Br)cc1OCc1ccc(C(=O)O)cc1. The molecule has 0 atom stereocenters. The zero-order chi connectivity index (χ0) is 28.1. The maximum Gasteiger partial charge on any atom is 0.335 e. The van der Waals surface area contributed by atoms with E-state index < -0.39 is 35.4 Å². The molecule has 0 saturated carbocycles. The van der Waals surface area contributed by atoms with E-state index in [1.54, 1.807) is 24.3 Å². The van der Waals surface area contributed by atoms with Gasteiger partial charge in [-0.15, -0.1) is 0 Å². The number of thioether (sulfide) groups is 1. The molecule has 1 heterocycles. The van der Waals surface area contributed by atoms with Gasteiger partial charge in [0, 0.05) is 10.2 Å². The lowest BCUT2D eigenvalue weighted by molar-refractivity contribution is -0.127. The topological polar surface area (TPSA) is 122 Å². The Kier molecular flexibility index (Phi) is 8.67. The minimum atomic E-state index is -1.02. The van der Waals surface area contributed by atoms with Crippen molar-refractivity contribution in [2.24, 2.45) is 0 Å². The van der Waals surface area contributed by atoms with Crippen LogP contribution in [0.5, 0.6) is 11.5 Å². The summed E-state index contributed by atoms with van der Waals surface area (Å²) in [6, 6.07) is 14.6. The molecule has 1 saturated heterocycles. The number of methoxy groups -OCH3 is 1. The van der Waals surface area contributed by atoms with Crippen molar-refractivity contribution in [3.8, 4) is 11.5 Å². The number of imide groups is 1. The van der Waals surface area contributed by atoms with Gasteiger partial charge in [-0.1, -0.05) is 28.1 Å². The van der Waals surface area contributed by atoms with Gasteiger partial charge in [-0.05, 0) is 77.5 Å². The maximum absolute atomic E-state index is 13.1. The number of carbonyl (C=O) groups is 4. The summed E-state index contributed by atoms with van der Waals surface area (Å²) < 4.78 is 24.9. The molecule has 200 valence electrons. The first-order valence-corrected chi connectivity index (χ1v) is 12.9. The van der Waals surface area contributed by atoms with Crippen LogP contribution in [-0.2, 0) is 16.2 Å². The molecular formula is C27H20BrFN2O7S. The normalized spacial score (nSPS) is 14.0. The summed E-state index contributed by atoms with van der Waals surface area (Å²) in [5, 5.41) is 10.9. The van der Waals surface area contributed by atoms with Gasteiger partial charge in [0.1, 0.15) is 19.0 Å². The zero-order valence-electron chi connectivity index (χ0n) is 20.3. The number of nitrogens with zero attached hydrogens (tertiary/aromatic N) is 1. The molecule has 2 N–H and O–H groups in total. The van der Waals surface area contributed by atoms with Gasteiger partial charge in [0.15, 0.2) is 11.5 Å². The van der Waals surface area contributed by atoms with E-state index in [0.717, 1.165) is 10.5 Å². The van der Waals surface area contributed by atoms with Gasteiger partial charge in [0.2, 0.25) is 5.91 Å². The molecule has 12 heteroatoms. The van der Waals surface area contributed by atoms with E-state index in [-0.39, 0.29) is 17.1 Å².